The first-order valence-corrected chi connectivity index (χ1v) is 13.0. The summed E-state index contributed by atoms with van der Waals surface area (Å²) in [5.41, 5.74) is 9.62. The van der Waals surface area contributed by atoms with Gasteiger partial charge in [0.15, 0.2) is 11.5 Å². The molecular weight excluding hydrogens is 473 g/mol. The van der Waals surface area contributed by atoms with Crippen LogP contribution in [0.15, 0.2) is 42.1 Å². The Hall–Kier alpha value is -3.34. The first-order valence-electron chi connectivity index (χ1n) is 11.2. The lowest BCUT2D eigenvalue weighted by atomic mass is 9.90. The van der Waals surface area contributed by atoms with Crippen molar-refractivity contribution in [3.05, 3.63) is 48.0 Å². The van der Waals surface area contributed by atoms with Crippen LogP contribution in [0.4, 0.5) is 5.82 Å². The van der Waals surface area contributed by atoms with E-state index in [1.54, 1.807) is 17.8 Å². The van der Waals surface area contributed by atoms with E-state index in [4.69, 9.17) is 15.1 Å². The van der Waals surface area contributed by atoms with E-state index in [9.17, 15) is 14.5 Å². The number of aliphatic carboxylic acids is 1. The molecule has 1 unspecified atom stereocenters. The largest absolute Gasteiger partial charge is 0.480 e. The summed E-state index contributed by atoms with van der Waals surface area (Å²) in [6.07, 6.45) is 4.59. The highest BCUT2D eigenvalue weighted by Gasteiger charge is 2.31. The number of nitrogen functional groups attached to an aromatic ring is 1. The minimum atomic E-state index is -3.82. The lowest BCUT2D eigenvalue weighted by Crippen LogP contribution is -2.33. The second kappa shape index (κ2) is 10.5. The minimum Gasteiger partial charge on any atom is -0.480 e. The molecule has 1 aliphatic rings. The smallest absolute Gasteiger partial charge is 0.364 e. The van der Waals surface area contributed by atoms with E-state index in [1.165, 1.54) is 13.3 Å². The van der Waals surface area contributed by atoms with Gasteiger partial charge in [-0.3, -0.25) is 9.36 Å². The van der Waals surface area contributed by atoms with E-state index < -0.39 is 25.6 Å². The summed E-state index contributed by atoms with van der Waals surface area (Å²) >= 11 is 0. The Kier molecular flexibility index (Phi) is 7.44. The second-order valence-corrected chi connectivity index (χ2v) is 10.5. The number of carboxylic acids is 1. The third-order valence-corrected chi connectivity index (χ3v) is 7.26. The molecule has 0 fully saturated rings. The van der Waals surface area contributed by atoms with Gasteiger partial charge in [-0.1, -0.05) is 29.4 Å². The van der Waals surface area contributed by atoms with Crippen LogP contribution in [0.2, 0.25) is 0 Å². The number of anilines is 1. The fourth-order valence-corrected chi connectivity index (χ4v) is 5.38. The maximum absolute atomic E-state index is 13.6. The fourth-order valence-electron chi connectivity index (χ4n) is 3.83. The fraction of sp³-hybridized carbons (Fsp3) is 0.409. The van der Waals surface area contributed by atoms with Crippen LogP contribution in [0.5, 0.6) is 0 Å². The summed E-state index contributed by atoms with van der Waals surface area (Å²) in [5.74, 6) is -0.893. The predicted octanol–water partition coefficient (Wildman–Crippen LogP) is 2.78. The number of hydrogen-bond acceptors (Lipinski definition) is 9. The minimum absolute atomic E-state index is 0.274. The summed E-state index contributed by atoms with van der Waals surface area (Å²) in [5, 5.41) is 16.1. The Balaban J connectivity index is 1.47. The molecule has 13 heteroatoms. The van der Waals surface area contributed by atoms with Crippen molar-refractivity contribution in [2.75, 3.05) is 12.1 Å². The van der Waals surface area contributed by atoms with E-state index in [2.05, 4.69) is 25.2 Å². The molecule has 1 aliphatic carbocycles. The van der Waals surface area contributed by atoms with Gasteiger partial charge in [0.05, 0.1) is 24.7 Å². The lowest BCUT2D eigenvalue weighted by molar-refractivity contribution is -0.138. The van der Waals surface area contributed by atoms with Crippen molar-refractivity contribution < 1.29 is 23.8 Å². The number of nitrogens with two attached hydrogens (primary N) is 1. The molecule has 4 N–H and O–H groups in total. The maximum atomic E-state index is 13.6. The van der Waals surface area contributed by atoms with Crippen molar-refractivity contribution in [2.45, 2.75) is 51.8 Å². The molecule has 2 aromatic heterocycles. The number of nitrogens with zero attached hydrogens (tertiary/aromatic N) is 5. The number of ether oxygens (including phenoxy) is 1. The number of carboxylic acid groups (broad SMARTS) is 1. The molecule has 0 saturated carbocycles. The molecule has 0 saturated heterocycles. The van der Waals surface area contributed by atoms with E-state index in [1.807, 2.05) is 24.3 Å². The number of fused-ring (bicyclic) bond motifs is 2. The topological polar surface area (TPSA) is 167 Å². The van der Waals surface area contributed by atoms with Crippen molar-refractivity contribution in [2.24, 2.45) is 5.16 Å². The third kappa shape index (κ3) is 5.84. The highest BCUT2D eigenvalue weighted by atomic mass is 31.2. The summed E-state index contributed by atoms with van der Waals surface area (Å²) in [4.78, 5) is 23.7. The molecule has 1 aromatic carbocycles. The Bertz CT molecular complexity index is 1290. The molecule has 12 nitrogen and oxygen atoms in total. The van der Waals surface area contributed by atoms with Gasteiger partial charge in [0.25, 0.3) is 0 Å². The van der Waals surface area contributed by atoms with Crippen molar-refractivity contribution in [1.82, 2.24) is 24.6 Å². The Labute approximate surface area is 202 Å². The van der Waals surface area contributed by atoms with Crippen LogP contribution in [0, 0.1) is 0 Å². The van der Waals surface area contributed by atoms with Crippen molar-refractivity contribution in [1.29, 1.82) is 0 Å². The Morgan fingerprint density at radius 2 is 2.09 bits per heavy atom. The molecule has 3 aromatic rings. The molecule has 0 amide bonds. The van der Waals surface area contributed by atoms with Crippen molar-refractivity contribution in [3.8, 4) is 0 Å². The second-order valence-electron chi connectivity index (χ2n) is 8.43. The predicted molar refractivity (Wildman–Crippen MR) is 130 cm³/mol. The van der Waals surface area contributed by atoms with Crippen LogP contribution < -0.4 is 10.8 Å². The highest BCUT2D eigenvalue weighted by molar-refractivity contribution is 7.56. The van der Waals surface area contributed by atoms with Gasteiger partial charge >= 0.3 is 13.5 Å². The zero-order valence-corrected chi connectivity index (χ0v) is 20.4. The van der Waals surface area contributed by atoms with Crippen molar-refractivity contribution >= 4 is 36.2 Å². The zero-order chi connectivity index (χ0) is 25.0. The van der Waals surface area contributed by atoms with Gasteiger partial charge in [0.2, 0.25) is 0 Å². The van der Waals surface area contributed by atoms with E-state index in [0.717, 1.165) is 24.0 Å². The normalized spacial score (nSPS) is 18.1. The molecule has 186 valence electrons. The average molecular weight is 501 g/mol. The molecule has 3 atom stereocenters. The Morgan fingerprint density at radius 3 is 2.89 bits per heavy atom. The van der Waals surface area contributed by atoms with Gasteiger partial charge in [0, 0.05) is 5.56 Å². The molecular formula is C22H28N7O5P. The van der Waals surface area contributed by atoms with Crippen LogP contribution >= 0.6 is 7.52 Å². The van der Waals surface area contributed by atoms with Crippen LogP contribution in [0.25, 0.3) is 11.2 Å². The first-order chi connectivity index (χ1) is 16.8. The zero-order valence-electron chi connectivity index (χ0n) is 19.5. The summed E-state index contributed by atoms with van der Waals surface area (Å²) in [6.45, 7) is 3.50. The number of oxime groups is 1. The quantitative estimate of drug-likeness (QED) is 0.278. The summed E-state index contributed by atoms with van der Waals surface area (Å²) in [7, 11) is -3.82. The molecule has 0 radical (unpaired) electrons. The summed E-state index contributed by atoms with van der Waals surface area (Å²) in [6, 6.07) is 6.71. The molecule has 0 bridgehead atoms. The molecule has 2 heterocycles. The maximum Gasteiger partial charge on any atom is 0.364 e. The van der Waals surface area contributed by atoms with E-state index >= 15 is 0 Å². The van der Waals surface area contributed by atoms with Gasteiger partial charge < -0.3 is 24.8 Å². The van der Waals surface area contributed by atoms with Gasteiger partial charge in [0.1, 0.15) is 24.2 Å². The lowest BCUT2D eigenvalue weighted by Gasteiger charge is -2.23. The van der Waals surface area contributed by atoms with Gasteiger partial charge in [-0.2, -0.15) is 0 Å². The number of hydrogen-bond donors (Lipinski definition) is 3. The molecule has 35 heavy (non-hydrogen) atoms. The van der Waals surface area contributed by atoms with Crippen LogP contribution in [-0.2, 0) is 31.7 Å². The van der Waals surface area contributed by atoms with Gasteiger partial charge in [-0.05, 0) is 38.7 Å². The number of benzene rings is 1. The first kappa shape index (κ1) is 24.8. The van der Waals surface area contributed by atoms with Gasteiger partial charge in [-0.25, -0.2) is 20.0 Å². The standard InChI is InChI=1S/C22H28N7O5P/c1-14(10-29-12-26-19-20(23)24-11-25-21(19)29)33-13-35(32,28-15(2)22(30)31)34-27-18-9-5-7-16-6-3-4-8-17(16)18/h3-4,6,8,11-12,14-15H,5,7,9-10,13H2,1-2H3,(H,28,32)(H,30,31)(H2,23,24,25)/b27-18+/t14-,15+,35?/m1/s1. The average Bonchev–Trinajstić information content (AvgIpc) is 3.25. The van der Waals surface area contributed by atoms with Crippen LogP contribution in [0.1, 0.15) is 37.8 Å². The van der Waals surface area contributed by atoms with E-state index in [0.29, 0.717) is 29.8 Å². The monoisotopic (exact) mass is 501 g/mol. The van der Waals surface area contributed by atoms with E-state index in [-0.39, 0.29) is 12.2 Å². The van der Waals surface area contributed by atoms with Gasteiger partial charge in [-0.15, -0.1) is 0 Å². The number of imidazole rings is 1. The van der Waals surface area contributed by atoms with Crippen LogP contribution in [0.3, 0.4) is 0 Å². The molecule has 4 rings (SSSR count). The number of aromatic nitrogens is 4. The number of aryl methyl sites for hydroxylation is 1. The Morgan fingerprint density at radius 1 is 1.29 bits per heavy atom. The van der Waals surface area contributed by atoms with Crippen LogP contribution in [-0.4, -0.2) is 54.8 Å². The third-order valence-electron chi connectivity index (χ3n) is 5.64. The number of rotatable bonds is 10. The number of carbonyl (C=O) groups is 1. The number of nitrogens with one attached hydrogen (secondary N) is 1. The molecule has 0 aliphatic heterocycles. The van der Waals surface area contributed by atoms with Crippen molar-refractivity contribution in [3.63, 3.8) is 0 Å². The molecule has 0 spiro atoms. The SMILES string of the molecule is C[C@H](Cn1cnc2c(N)ncnc21)OCP(=O)(N[C@@H](C)C(=O)O)O/N=C1\CCCc2ccccc21. The highest BCUT2D eigenvalue weighted by Crippen LogP contribution is 2.44. The summed E-state index contributed by atoms with van der Waals surface area (Å²) < 4.78 is 26.6.